The number of hydrogen-bond donors (Lipinski definition) is 1. The third kappa shape index (κ3) is 4.05. The highest BCUT2D eigenvalue weighted by Crippen LogP contribution is 2.22. The Balaban J connectivity index is 2.00. The van der Waals surface area contributed by atoms with E-state index in [1.165, 1.54) is 23.7 Å². The lowest BCUT2D eigenvalue weighted by Crippen LogP contribution is -2.43. The van der Waals surface area contributed by atoms with E-state index in [1.807, 2.05) is 0 Å². The topological polar surface area (TPSA) is 88.6 Å². The molecule has 1 aliphatic rings. The fraction of sp³-hybridized carbons (Fsp3) is 0.500. The molecule has 1 aliphatic heterocycles. The van der Waals surface area contributed by atoms with Gasteiger partial charge >= 0.3 is 16.2 Å². The molecule has 1 aromatic rings. The first-order valence-electron chi connectivity index (χ1n) is 6.39. The van der Waals surface area contributed by atoms with E-state index in [-0.39, 0.29) is 30.8 Å². The van der Waals surface area contributed by atoms with Crippen LogP contribution in [0.4, 0.5) is 5.82 Å². The second-order valence-electron chi connectivity index (χ2n) is 4.66. The van der Waals surface area contributed by atoms with Crippen molar-refractivity contribution in [1.82, 2.24) is 9.29 Å². The number of esters is 1. The van der Waals surface area contributed by atoms with E-state index in [2.05, 4.69) is 14.4 Å². The minimum absolute atomic E-state index is 0.164. The summed E-state index contributed by atoms with van der Waals surface area (Å²) >= 11 is 5.79. The molecular weight excluding hydrogens is 318 g/mol. The summed E-state index contributed by atoms with van der Waals surface area (Å²) in [6.45, 7) is 0.519. The number of aromatic nitrogens is 1. The molecule has 0 atom stereocenters. The molecule has 0 saturated carbocycles. The van der Waals surface area contributed by atoms with Gasteiger partial charge < -0.3 is 4.74 Å². The maximum Gasteiger partial charge on any atom is 0.308 e. The van der Waals surface area contributed by atoms with Crippen molar-refractivity contribution in [2.45, 2.75) is 12.8 Å². The van der Waals surface area contributed by atoms with Crippen LogP contribution in [-0.2, 0) is 19.7 Å². The van der Waals surface area contributed by atoms with Gasteiger partial charge in [0.15, 0.2) is 0 Å². The van der Waals surface area contributed by atoms with E-state index >= 15 is 0 Å². The molecule has 0 unspecified atom stereocenters. The first-order valence-corrected chi connectivity index (χ1v) is 8.21. The maximum atomic E-state index is 12.2. The lowest BCUT2D eigenvalue weighted by atomic mass is 9.99. The van der Waals surface area contributed by atoms with Gasteiger partial charge in [-0.2, -0.15) is 12.7 Å². The van der Waals surface area contributed by atoms with Crippen molar-refractivity contribution < 1.29 is 17.9 Å². The van der Waals surface area contributed by atoms with Crippen molar-refractivity contribution in [3.8, 4) is 0 Å². The van der Waals surface area contributed by atoms with Crippen LogP contribution in [0.5, 0.6) is 0 Å². The van der Waals surface area contributed by atoms with Crippen LogP contribution in [0.3, 0.4) is 0 Å². The lowest BCUT2D eigenvalue weighted by Gasteiger charge is -2.29. The van der Waals surface area contributed by atoms with Crippen LogP contribution >= 0.6 is 11.6 Å². The molecule has 7 nitrogen and oxygen atoms in total. The molecule has 21 heavy (non-hydrogen) atoms. The predicted molar refractivity (Wildman–Crippen MR) is 78.1 cm³/mol. The molecule has 116 valence electrons. The molecule has 0 spiro atoms. The van der Waals surface area contributed by atoms with Crippen LogP contribution < -0.4 is 4.72 Å². The van der Waals surface area contributed by atoms with Crippen molar-refractivity contribution in [1.29, 1.82) is 0 Å². The van der Waals surface area contributed by atoms with Gasteiger partial charge in [-0.1, -0.05) is 11.6 Å². The van der Waals surface area contributed by atoms with E-state index in [0.29, 0.717) is 17.9 Å². The number of rotatable bonds is 4. The highest BCUT2D eigenvalue weighted by Gasteiger charge is 2.31. The standard InChI is InChI=1S/C12H16ClN3O4S/c1-20-12(17)9-3-6-16(7-4-9)21(18,19)15-11-8-10(13)2-5-14-11/h2,5,8-9H,3-4,6-7H2,1H3,(H,14,15). The number of piperidine rings is 1. The van der Waals surface area contributed by atoms with E-state index in [4.69, 9.17) is 11.6 Å². The highest BCUT2D eigenvalue weighted by molar-refractivity contribution is 7.90. The summed E-state index contributed by atoms with van der Waals surface area (Å²) in [6.07, 6.45) is 2.30. The fourth-order valence-electron chi connectivity index (χ4n) is 2.16. The van der Waals surface area contributed by atoms with Gasteiger partial charge in [-0.15, -0.1) is 0 Å². The maximum absolute atomic E-state index is 12.2. The molecule has 0 aliphatic carbocycles. The largest absolute Gasteiger partial charge is 0.469 e. The molecule has 0 amide bonds. The van der Waals surface area contributed by atoms with Gasteiger partial charge in [-0.05, 0) is 18.9 Å². The molecule has 1 aromatic heterocycles. The number of ether oxygens (including phenoxy) is 1. The monoisotopic (exact) mass is 333 g/mol. The minimum atomic E-state index is -3.70. The van der Waals surface area contributed by atoms with E-state index < -0.39 is 10.2 Å². The third-order valence-corrected chi connectivity index (χ3v) is 5.03. The third-order valence-electron chi connectivity index (χ3n) is 3.28. The summed E-state index contributed by atoms with van der Waals surface area (Å²) in [4.78, 5) is 15.3. The smallest absolute Gasteiger partial charge is 0.308 e. The van der Waals surface area contributed by atoms with Crippen molar-refractivity contribution in [2.24, 2.45) is 5.92 Å². The Bertz CT molecular complexity index is 615. The summed E-state index contributed by atoms with van der Waals surface area (Å²) in [5.41, 5.74) is 0. The zero-order chi connectivity index (χ0) is 15.5. The van der Waals surface area contributed by atoms with Crippen LogP contribution in [0.15, 0.2) is 18.3 Å². The van der Waals surface area contributed by atoms with Gasteiger partial charge in [0, 0.05) is 30.4 Å². The average Bonchev–Trinajstić information content (AvgIpc) is 2.46. The number of nitrogens with one attached hydrogen (secondary N) is 1. The first-order chi connectivity index (χ1) is 9.92. The Hall–Kier alpha value is -1.38. The lowest BCUT2D eigenvalue weighted by molar-refractivity contribution is -0.146. The molecule has 1 N–H and O–H groups in total. The fourth-order valence-corrected chi connectivity index (χ4v) is 3.51. The van der Waals surface area contributed by atoms with Gasteiger partial charge in [0.25, 0.3) is 0 Å². The number of hydrogen-bond acceptors (Lipinski definition) is 5. The number of halogens is 1. The second kappa shape index (κ2) is 6.59. The first kappa shape index (κ1) is 16.0. The molecule has 0 aromatic carbocycles. The molecular formula is C12H16ClN3O4S. The average molecular weight is 334 g/mol. The van der Waals surface area contributed by atoms with E-state index in [1.54, 1.807) is 6.07 Å². The van der Waals surface area contributed by atoms with E-state index in [9.17, 15) is 13.2 Å². The van der Waals surface area contributed by atoms with Gasteiger partial charge in [0.2, 0.25) is 0 Å². The number of carbonyl (C=O) groups is 1. The van der Waals surface area contributed by atoms with Gasteiger partial charge in [-0.25, -0.2) is 4.98 Å². The number of carbonyl (C=O) groups excluding carboxylic acids is 1. The second-order valence-corrected chi connectivity index (χ2v) is 6.77. The Kier molecular flexibility index (Phi) is 5.02. The number of nitrogens with zero attached hydrogens (tertiary/aromatic N) is 2. The highest BCUT2D eigenvalue weighted by atomic mass is 35.5. The van der Waals surface area contributed by atoms with Crippen LogP contribution in [-0.4, -0.2) is 43.9 Å². The van der Waals surface area contributed by atoms with Gasteiger partial charge in [0.05, 0.1) is 13.0 Å². The Morgan fingerprint density at radius 2 is 2.14 bits per heavy atom. The summed E-state index contributed by atoms with van der Waals surface area (Å²) in [7, 11) is -2.37. The SMILES string of the molecule is COC(=O)C1CCN(S(=O)(=O)Nc2cc(Cl)ccn2)CC1. The van der Waals surface area contributed by atoms with Crippen LogP contribution in [0.1, 0.15) is 12.8 Å². The molecule has 2 rings (SSSR count). The van der Waals surface area contributed by atoms with Crippen molar-refractivity contribution >= 4 is 33.6 Å². The molecule has 9 heteroatoms. The summed E-state index contributed by atoms with van der Waals surface area (Å²) in [5.74, 6) is -0.375. The molecule has 1 fully saturated rings. The van der Waals surface area contributed by atoms with Crippen LogP contribution in [0, 0.1) is 5.92 Å². The predicted octanol–water partition coefficient (Wildman–Crippen LogP) is 1.28. The summed E-state index contributed by atoms with van der Waals surface area (Å²) < 4.78 is 32.8. The van der Waals surface area contributed by atoms with Crippen molar-refractivity contribution in [3.05, 3.63) is 23.4 Å². The normalized spacial score (nSPS) is 17.4. The Morgan fingerprint density at radius 3 is 2.71 bits per heavy atom. The molecule has 0 radical (unpaired) electrons. The quantitative estimate of drug-likeness (QED) is 0.838. The molecule has 2 heterocycles. The zero-order valence-electron chi connectivity index (χ0n) is 11.5. The zero-order valence-corrected chi connectivity index (χ0v) is 13.0. The summed E-state index contributed by atoms with van der Waals surface area (Å²) in [5, 5.41) is 0.395. The van der Waals surface area contributed by atoms with Gasteiger partial charge in [0.1, 0.15) is 5.82 Å². The summed E-state index contributed by atoms with van der Waals surface area (Å²) in [6, 6.07) is 2.99. The van der Waals surface area contributed by atoms with Crippen molar-refractivity contribution in [2.75, 3.05) is 24.9 Å². The number of methoxy groups -OCH3 is 1. The van der Waals surface area contributed by atoms with Crippen LogP contribution in [0.2, 0.25) is 5.02 Å². The van der Waals surface area contributed by atoms with Crippen LogP contribution in [0.25, 0.3) is 0 Å². The minimum Gasteiger partial charge on any atom is -0.469 e. The van der Waals surface area contributed by atoms with E-state index in [0.717, 1.165) is 0 Å². The number of pyridine rings is 1. The Labute approximate surface area is 128 Å². The number of anilines is 1. The van der Waals surface area contributed by atoms with Gasteiger partial charge in [-0.3, -0.25) is 9.52 Å². The molecule has 1 saturated heterocycles. The Morgan fingerprint density at radius 1 is 1.48 bits per heavy atom. The molecule has 0 bridgehead atoms. The van der Waals surface area contributed by atoms with Crippen molar-refractivity contribution in [3.63, 3.8) is 0 Å².